The van der Waals surface area contributed by atoms with Crippen molar-refractivity contribution in [2.45, 2.75) is 46.5 Å². The van der Waals surface area contributed by atoms with Gasteiger partial charge in [0.25, 0.3) is 5.79 Å². The van der Waals surface area contributed by atoms with E-state index >= 15 is 4.79 Å². The Hall–Kier alpha value is -4.19. The van der Waals surface area contributed by atoms with Crippen molar-refractivity contribution in [3.8, 4) is 0 Å². The van der Waals surface area contributed by atoms with Crippen LogP contribution in [0.1, 0.15) is 23.1 Å². The Labute approximate surface area is 273 Å². The number of carbonyl (C=O) groups is 2. The second-order valence-electron chi connectivity index (χ2n) is 12.0. The van der Waals surface area contributed by atoms with Gasteiger partial charge in [0, 0.05) is 24.7 Å². The highest BCUT2D eigenvalue weighted by Crippen LogP contribution is 2.66. The van der Waals surface area contributed by atoms with Gasteiger partial charge in [-0.05, 0) is 17.7 Å². The molecule has 47 heavy (non-hydrogen) atoms. The monoisotopic (exact) mass is 654 g/mol. The number of esters is 1. The lowest BCUT2D eigenvalue weighted by molar-refractivity contribution is -0.276. The maximum atomic E-state index is 15.0. The summed E-state index contributed by atoms with van der Waals surface area (Å²) in [7, 11) is -1.96. The van der Waals surface area contributed by atoms with Crippen LogP contribution in [0.5, 0.6) is 0 Å². The lowest BCUT2D eigenvalue weighted by Crippen LogP contribution is -2.80. The molecule has 4 aromatic rings. The van der Waals surface area contributed by atoms with Crippen molar-refractivity contribution < 1.29 is 41.7 Å². The molecule has 0 N–H and O–H groups in total. The predicted octanol–water partition coefficient (Wildman–Crippen LogP) is 4.84. The molecule has 8 rings (SSSR count). The Morgan fingerprint density at radius 3 is 1.85 bits per heavy atom. The number of hydrogen-bond donors (Lipinski definition) is 0. The molecule has 10 heteroatoms. The number of Topliss-reactive ketones (excluding diaryl/α,β-unsaturated/α-hetero) is 1. The van der Waals surface area contributed by atoms with Crippen LogP contribution in [0.25, 0.3) is 0 Å². The topological polar surface area (TPSA) is 114 Å². The number of ether oxygens (including phenoxy) is 5. The summed E-state index contributed by atoms with van der Waals surface area (Å²) in [4.78, 5) is 28.8. The molecule has 242 valence electrons. The number of fused-ring (bicyclic) bond motifs is 2. The normalized spacial score (nSPS) is 29.3. The molecule has 1 spiro atoms. The van der Waals surface area contributed by atoms with Gasteiger partial charge < -0.3 is 18.9 Å². The molecule has 6 atom stereocenters. The van der Waals surface area contributed by atoms with Crippen LogP contribution in [0.2, 0.25) is 0 Å². The van der Waals surface area contributed by atoms with E-state index in [1.807, 2.05) is 42.5 Å². The van der Waals surface area contributed by atoms with Crippen molar-refractivity contribution in [2.24, 2.45) is 11.8 Å². The van der Waals surface area contributed by atoms with Crippen molar-refractivity contribution in [2.75, 3.05) is 14.2 Å². The van der Waals surface area contributed by atoms with Crippen molar-refractivity contribution >= 4 is 21.6 Å². The van der Waals surface area contributed by atoms with Crippen LogP contribution in [0, 0.1) is 11.8 Å². The van der Waals surface area contributed by atoms with Crippen LogP contribution in [0.15, 0.2) is 126 Å². The molecule has 2 bridgehead atoms. The zero-order chi connectivity index (χ0) is 32.9. The number of rotatable bonds is 9. The van der Waals surface area contributed by atoms with Gasteiger partial charge in [0.2, 0.25) is 11.6 Å². The summed E-state index contributed by atoms with van der Waals surface area (Å²) in [6.45, 7) is 0.110. The summed E-state index contributed by atoms with van der Waals surface area (Å²) in [5.41, 5.74) is -0.218. The Kier molecular flexibility index (Phi) is 7.89. The summed E-state index contributed by atoms with van der Waals surface area (Å²) >= 11 is 0. The number of benzene rings is 4. The second kappa shape index (κ2) is 11.8. The molecule has 1 saturated heterocycles. The third-order valence-corrected chi connectivity index (χ3v) is 11.9. The summed E-state index contributed by atoms with van der Waals surface area (Å²) < 4.78 is 61.7. The van der Waals surface area contributed by atoms with E-state index in [-0.39, 0.29) is 17.9 Å². The minimum atomic E-state index is -4.43. The van der Waals surface area contributed by atoms with E-state index < -0.39 is 62.0 Å². The first-order valence-electron chi connectivity index (χ1n) is 15.4. The fraction of sp³-hybridized carbons (Fsp3) is 0.297. The van der Waals surface area contributed by atoms with Gasteiger partial charge in [-0.25, -0.2) is 8.42 Å². The highest BCUT2D eigenvalue weighted by Gasteiger charge is 2.85. The summed E-state index contributed by atoms with van der Waals surface area (Å²) in [5.74, 6) is -8.36. The average molecular weight is 655 g/mol. The van der Waals surface area contributed by atoms with Gasteiger partial charge in [-0.2, -0.15) is 0 Å². The molecule has 0 amide bonds. The number of methoxy groups -OCH3 is 2. The Bertz CT molecular complexity index is 1830. The Balaban J connectivity index is 1.50. The number of sulfone groups is 1. The van der Waals surface area contributed by atoms with Crippen LogP contribution >= 0.6 is 0 Å². The number of carbonyl (C=O) groups excluding carboxylic acids is 2. The van der Waals surface area contributed by atoms with E-state index in [4.69, 9.17) is 23.7 Å². The van der Waals surface area contributed by atoms with Gasteiger partial charge in [-0.3, -0.25) is 14.3 Å². The van der Waals surface area contributed by atoms with Gasteiger partial charge in [-0.15, -0.1) is 0 Å². The molecule has 0 unspecified atom stereocenters. The molecule has 0 radical (unpaired) electrons. The number of ketones is 1. The van der Waals surface area contributed by atoms with Gasteiger partial charge >= 0.3 is 5.97 Å². The third kappa shape index (κ3) is 4.62. The third-order valence-electron chi connectivity index (χ3n) is 9.66. The first-order valence-corrected chi connectivity index (χ1v) is 16.9. The highest BCUT2D eigenvalue weighted by molar-refractivity contribution is 7.92. The minimum absolute atomic E-state index is 0.0412. The van der Waals surface area contributed by atoms with E-state index in [0.29, 0.717) is 11.1 Å². The molecule has 4 aromatic carbocycles. The first-order chi connectivity index (χ1) is 22.7. The van der Waals surface area contributed by atoms with E-state index in [1.54, 1.807) is 66.7 Å². The fourth-order valence-electron chi connectivity index (χ4n) is 7.70. The van der Waals surface area contributed by atoms with Crippen LogP contribution in [-0.2, 0) is 55.5 Å². The van der Waals surface area contributed by atoms with E-state index in [1.165, 1.54) is 26.4 Å². The van der Waals surface area contributed by atoms with Crippen LogP contribution < -0.4 is 0 Å². The molecule has 1 heterocycles. The molecule has 3 saturated carbocycles. The average Bonchev–Trinajstić information content (AvgIpc) is 3.45. The van der Waals surface area contributed by atoms with Crippen LogP contribution in [0.4, 0.5) is 0 Å². The van der Waals surface area contributed by atoms with E-state index in [9.17, 15) is 13.2 Å². The quantitative estimate of drug-likeness (QED) is 0.234. The Morgan fingerprint density at radius 1 is 0.787 bits per heavy atom. The standard InChI is InChI=1S/C37H34O9S/c1-42-34(39)31-30-29(44-24-25-15-7-3-8-16-25)23-35(33(31)47(40,41)28-21-13-6-14-22-28)37(43-2,32(30)38)46-36(45-35,26-17-9-4-10-18-26)27-19-11-5-12-20-27/h3-22,29-31,33H,23-24H2,1-2H3/t29-,30+,31+,33-,35+,37+/m1/s1. The van der Waals surface area contributed by atoms with E-state index in [0.717, 1.165) is 5.56 Å². The molecule has 4 fully saturated rings. The Morgan fingerprint density at radius 2 is 1.32 bits per heavy atom. The molecule has 9 nitrogen and oxygen atoms in total. The zero-order valence-corrected chi connectivity index (χ0v) is 26.7. The minimum Gasteiger partial charge on any atom is -0.469 e. The molecular formula is C37H34O9S. The van der Waals surface area contributed by atoms with Crippen molar-refractivity contribution in [1.29, 1.82) is 0 Å². The van der Waals surface area contributed by atoms with Gasteiger partial charge in [0.05, 0.1) is 36.6 Å². The molecule has 4 aliphatic rings. The van der Waals surface area contributed by atoms with E-state index in [2.05, 4.69) is 0 Å². The lowest BCUT2D eigenvalue weighted by Gasteiger charge is -2.59. The predicted molar refractivity (Wildman–Crippen MR) is 169 cm³/mol. The van der Waals surface area contributed by atoms with Gasteiger partial charge in [0.15, 0.2) is 15.4 Å². The SMILES string of the molecule is COC(=O)[C@H]1[C@H]2C(=O)[C@]3(OC)OC(c4ccccc4)(c4ccccc4)O[C@@]3(C[C@H]2OCc2ccccc2)[C@@H]1S(=O)(=O)c1ccccc1. The summed E-state index contributed by atoms with van der Waals surface area (Å²) in [6, 6.07) is 35.2. The van der Waals surface area contributed by atoms with Gasteiger partial charge in [-0.1, -0.05) is 109 Å². The maximum absolute atomic E-state index is 15.0. The summed E-state index contributed by atoms with van der Waals surface area (Å²) in [6.07, 6.45) is -1.07. The van der Waals surface area contributed by atoms with Crippen molar-refractivity contribution in [1.82, 2.24) is 0 Å². The van der Waals surface area contributed by atoms with Crippen LogP contribution in [-0.4, -0.2) is 57.1 Å². The molecular weight excluding hydrogens is 620 g/mol. The van der Waals surface area contributed by atoms with Gasteiger partial charge in [0.1, 0.15) is 5.25 Å². The molecule has 0 aromatic heterocycles. The highest BCUT2D eigenvalue weighted by atomic mass is 32.2. The van der Waals surface area contributed by atoms with Crippen molar-refractivity contribution in [3.63, 3.8) is 0 Å². The summed E-state index contributed by atoms with van der Waals surface area (Å²) in [5, 5.41) is -1.65. The molecule has 1 aliphatic heterocycles. The smallest absolute Gasteiger partial charge is 0.310 e. The number of hydrogen-bond acceptors (Lipinski definition) is 9. The maximum Gasteiger partial charge on any atom is 0.310 e. The lowest BCUT2D eigenvalue weighted by atomic mass is 9.56. The first kappa shape index (κ1) is 31.4. The van der Waals surface area contributed by atoms with Crippen LogP contribution in [0.3, 0.4) is 0 Å². The fourth-order valence-corrected chi connectivity index (χ4v) is 9.99. The second-order valence-corrected chi connectivity index (χ2v) is 14.1. The van der Waals surface area contributed by atoms with Crippen molar-refractivity contribution in [3.05, 3.63) is 138 Å². The largest absolute Gasteiger partial charge is 0.469 e. The zero-order valence-electron chi connectivity index (χ0n) is 25.9. The molecule has 3 aliphatic carbocycles.